The molecule has 1 atom stereocenters. The number of amides is 1. The fourth-order valence-electron chi connectivity index (χ4n) is 2.10. The first kappa shape index (κ1) is 16.4. The van der Waals surface area contributed by atoms with E-state index in [0.29, 0.717) is 22.3 Å². The summed E-state index contributed by atoms with van der Waals surface area (Å²) in [6.45, 7) is 4.64. The number of hydrogen-bond donors (Lipinski definition) is 1. The molecule has 0 aliphatic carbocycles. The second kappa shape index (κ2) is 6.86. The number of halogens is 2. The molecule has 0 saturated carbocycles. The van der Waals surface area contributed by atoms with Crippen LogP contribution in [0.4, 0.5) is 0 Å². The molecular formula is C15H19Cl2NO3. The Kier molecular flexibility index (Phi) is 5.36. The zero-order valence-corrected chi connectivity index (χ0v) is 13.6. The third kappa shape index (κ3) is 4.50. The monoisotopic (exact) mass is 331 g/mol. The second-order valence-corrected chi connectivity index (χ2v) is 6.38. The lowest BCUT2D eigenvalue weighted by molar-refractivity contribution is -0.134. The number of benzene rings is 1. The van der Waals surface area contributed by atoms with Crippen LogP contribution in [0.15, 0.2) is 18.2 Å². The van der Waals surface area contributed by atoms with Crippen molar-refractivity contribution in [1.82, 2.24) is 5.32 Å². The van der Waals surface area contributed by atoms with Gasteiger partial charge in [0.1, 0.15) is 5.75 Å². The van der Waals surface area contributed by atoms with Gasteiger partial charge in [0.2, 0.25) is 0 Å². The van der Waals surface area contributed by atoms with E-state index < -0.39 is 5.60 Å². The minimum atomic E-state index is -1.05. The average Bonchev–Trinajstić information content (AvgIpc) is 2.93. The smallest absolute Gasteiger partial charge is 0.263 e. The first-order valence-electron chi connectivity index (χ1n) is 6.92. The van der Waals surface area contributed by atoms with Gasteiger partial charge in [0.15, 0.2) is 5.60 Å². The molecule has 2 rings (SSSR count). The summed E-state index contributed by atoms with van der Waals surface area (Å²) in [6.07, 6.45) is 2.11. The Morgan fingerprint density at radius 2 is 2.24 bits per heavy atom. The fourth-order valence-corrected chi connectivity index (χ4v) is 2.42. The number of rotatable bonds is 5. The first-order valence-corrected chi connectivity index (χ1v) is 7.68. The molecule has 1 fully saturated rings. The summed E-state index contributed by atoms with van der Waals surface area (Å²) in [5.41, 5.74) is -1.05. The minimum Gasteiger partial charge on any atom is -0.476 e. The van der Waals surface area contributed by atoms with E-state index in [4.69, 9.17) is 32.7 Å². The molecule has 1 saturated heterocycles. The molecule has 0 bridgehead atoms. The summed E-state index contributed by atoms with van der Waals surface area (Å²) in [6, 6.07) is 4.90. The van der Waals surface area contributed by atoms with Crippen LogP contribution in [0.25, 0.3) is 0 Å². The molecule has 0 aromatic heterocycles. The highest BCUT2D eigenvalue weighted by Crippen LogP contribution is 2.30. The highest BCUT2D eigenvalue weighted by atomic mass is 35.5. The SMILES string of the molecule is CC(C)(Oc1cc(Cl)ccc1Cl)C(=O)NCC1CCCO1. The Bertz CT molecular complexity index is 514. The summed E-state index contributed by atoms with van der Waals surface area (Å²) in [4.78, 5) is 12.3. The quantitative estimate of drug-likeness (QED) is 0.898. The van der Waals surface area contributed by atoms with Gasteiger partial charge >= 0.3 is 0 Å². The van der Waals surface area contributed by atoms with E-state index in [1.54, 1.807) is 32.0 Å². The van der Waals surface area contributed by atoms with Crippen molar-refractivity contribution in [2.75, 3.05) is 13.2 Å². The molecule has 116 valence electrons. The van der Waals surface area contributed by atoms with Gasteiger partial charge in [0.05, 0.1) is 11.1 Å². The van der Waals surface area contributed by atoms with E-state index in [-0.39, 0.29) is 12.0 Å². The predicted molar refractivity (Wildman–Crippen MR) is 83.2 cm³/mol. The Morgan fingerprint density at radius 3 is 2.90 bits per heavy atom. The van der Waals surface area contributed by atoms with Crippen LogP contribution in [-0.4, -0.2) is 30.8 Å². The number of ether oxygens (including phenoxy) is 2. The molecule has 21 heavy (non-hydrogen) atoms. The summed E-state index contributed by atoms with van der Waals surface area (Å²) in [5.74, 6) is 0.176. The maximum atomic E-state index is 12.3. The molecule has 4 nitrogen and oxygen atoms in total. The van der Waals surface area contributed by atoms with Crippen molar-refractivity contribution < 1.29 is 14.3 Å². The molecule has 1 aliphatic heterocycles. The zero-order valence-electron chi connectivity index (χ0n) is 12.1. The van der Waals surface area contributed by atoms with Crippen molar-refractivity contribution in [3.8, 4) is 5.75 Å². The number of hydrogen-bond acceptors (Lipinski definition) is 3. The van der Waals surface area contributed by atoms with E-state index >= 15 is 0 Å². The molecule has 0 spiro atoms. The summed E-state index contributed by atoms with van der Waals surface area (Å²) < 4.78 is 11.2. The van der Waals surface area contributed by atoms with Crippen LogP contribution >= 0.6 is 23.2 Å². The molecule has 6 heteroatoms. The van der Waals surface area contributed by atoms with Crippen LogP contribution in [-0.2, 0) is 9.53 Å². The molecule has 1 N–H and O–H groups in total. The van der Waals surface area contributed by atoms with Crippen LogP contribution in [0.1, 0.15) is 26.7 Å². The number of nitrogens with one attached hydrogen (secondary N) is 1. The van der Waals surface area contributed by atoms with Crippen LogP contribution in [0.2, 0.25) is 10.0 Å². The zero-order chi connectivity index (χ0) is 15.5. The third-order valence-electron chi connectivity index (χ3n) is 3.32. The van der Waals surface area contributed by atoms with E-state index in [1.807, 2.05) is 0 Å². The maximum Gasteiger partial charge on any atom is 0.263 e. The third-order valence-corrected chi connectivity index (χ3v) is 3.87. The lowest BCUT2D eigenvalue weighted by atomic mass is 10.1. The maximum absolute atomic E-state index is 12.3. The summed E-state index contributed by atoms with van der Waals surface area (Å²) in [5, 5.41) is 3.77. The normalized spacial score (nSPS) is 18.6. The Hall–Kier alpha value is -0.970. The molecule has 1 unspecified atom stereocenters. The largest absolute Gasteiger partial charge is 0.476 e. The fraction of sp³-hybridized carbons (Fsp3) is 0.533. The van der Waals surface area contributed by atoms with Gasteiger partial charge < -0.3 is 14.8 Å². The Morgan fingerprint density at radius 1 is 1.48 bits per heavy atom. The van der Waals surface area contributed by atoms with Gasteiger partial charge in [-0.25, -0.2) is 0 Å². The molecule has 1 amide bonds. The van der Waals surface area contributed by atoms with Crippen LogP contribution < -0.4 is 10.1 Å². The Balaban J connectivity index is 1.96. The topological polar surface area (TPSA) is 47.6 Å². The van der Waals surface area contributed by atoms with Crippen LogP contribution in [0.5, 0.6) is 5.75 Å². The lowest BCUT2D eigenvalue weighted by Crippen LogP contribution is -2.48. The molecule has 0 radical (unpaired) electrons. The van der Waals surface area contributed by atoms with E-state index in [9.17, 15) is 4.79 Å². The van der Waals surface area contributed by atoms with Crippen molar-refractivity contribution in [2.24, 2.45) is 0 Å². The van der Waals surface area contributed by atoms with Gasteiger partial charge in [-0.05, 0) is 38.8 Å². The van der Waals surface area contributed by atoms with E-state index in [1.165, 1.54) is 0 Å². The highest BCUT2D eigenvalue weighted by Gasteiger charge is 2.31. The lowest BCUT2D eigenvalue weighted by Gasteiger charge is -2.26. The van der Waals surface area contributed by atoms with E-state index in [0.717, 1.165) is 19.4 Å². The van der Waals surface area contributed by atoms with Gasteiger partial charge in [-0.3, -0.25) is 4.79 Å². The summed E-state index contributed by atoms with van der Waals surface area (Å²) in [7, 11) is 0. The van der Waals surface area contributed by atoms with Crippen molar-refractivity contribution in [3.63, 3.8) is 0 Å². The number of carbonyl (C=O) groups excluding carboxylic acids is 1. The van der Waals surface area contributed by atoms with Crippen molar-refractivity contribution >= 4 is 29.1 Å². The van der Waals surface area contributed by atoms with Gasteiger partial charge in [0, 0.05) is 24.2 Å². The Labute approximate surface area is 134 Å². The molecular weight excluding hydrogens is 313 g/mol. The molecule has 1 aliphatic rings. The summed E-state index contributed by atoms with van der Waals surface area (Å²) >= 11 is 12.0. The van der Waals surface area contributed by atoms with Crippen molar-refractivity contribution in [3.05, 3.63) is 28.2 Å². The van der Waals surface area contributed by atoms with Gasteiger partial charge in [0.25, 0.3) is 5.91 Å². The molecule has 1 aromatic carbocycles. The van der Waals surface area contributed by atoms with Crippen LogP contribution in [0.3, 0.4) is 0 Å². The second-order valence-electron chi connectivity index (χ2n) is 5.53. The van der Waals surface area contributed by atoms with Gasteiger partial charge in [-0.2, -0.15) is 0 Å². The van der Waals surface area contributed by atoms with Crippen molar-refractivity contribution in [1.29, 1.82) is 0 Å². The molecule has 1 aromatic rings. The highest BCUT2D eigenvalue weighted by molar-refractivity contribution is 6.34. The van der Waals surface area contributed by atoms with Gasteiger partial charge in [-0.15, -0.1) is 0 Å². The average molecular weight is 332 g/mol. The van der Waals surface area contributed by atoms with E-state index in [2.05, 4.69) is 5.32 Å². The minimum absolute atomic E-state index is 0.0968. The van der Waals surface area contributed by atoms with Gasteiger partial charge in [-0.1, -0.05) is 23.2 Å². The number of carbonyl (C=O) groups is 1. The molecule has 1 heterocycles. The standard InChI is InChI=1S/C15H19Cl2NO3/c1-15(2,14(19)18-9-11-4-3-7-20-11)21-13-8-10(16)5-6-12(13)17/h5-6,8,11H,3-4,7,9H2,1-2H3,(H,18,19). The predicted octanol–water partition coefficient (Wildman–Crippen LogP) is 3.45. The van der Waals surface area contributed by atoms with Crippen LogP contribution in [0, 0.1) is 0 Å². The van der Waals surface area contributed by atoms with Crippen molar-refractivity contribution in [2.45, 2.75) is 38.4 Å². The first-order chi connectivity index (χ1) is 9.88.